The van der Waals surface area contributed by atoms with Crippen molar-refractivity contribution in [1.82, 2.24) is 10.3 Å². The van der Waals surface area contributed by atoms with Crippen molar-refractivity contribution in [3.05, 3.63) is 78.0 Å². The lowest BCUT2D eigenvalue weighted by Gasteiger charge is -2.12. The van der Waals surface area contributed by atoms with E-state index in [1.807, 2.05) is 54.6 Å². The molecule has 0 saturated carbocycles. The van der Waals surface area contributed by atoms with E-state index in [1.54, 1.807) is 12.3 Å². The smallest absolute Gasteiger partial charge is 0.326 e. The van der Waals surface area contributed by atoms with E-state index in [2.05, 4.69) is 10.3 Å². The van der Waals surface area contributed by atoms with Gasteiger partial charge < -0.3 is 15.4 Å². The zero-order valence-electron chi connectivity index (χ0n) is 13.5. The fourth-order valence-electron chi connectivity index (χ4n) is 2.68. The van der Waals surface area contributed by atoms with Gasteiger partial charge in [0.15, 0.2) is 0 Å². The van der Waals surface area contributed by atoms with Crippen LogP contribution < -0.4 is 5.32 Å². The second-order valence-corrected chi connectivity index (χ2v) is 5.71. The van der Waals surface area contributed by atoms with Crippen LogP contribution in [-0.4, -0.2) is 28.0 Å². The summed E-state index contributed by atoms with van der Waals surface area (Å²) in [5.74, 6) is -1.50. The van der Waals surface area contributed by atoms with Crippen molar-refractivity contribution in [1.29, 1.82) is 0 Å². The topological polar surface area (TPSA) is 82.2 Å². The molecule has 5 nitrogen and oxygen atoms in total. The zero-order chi connectivity index (χ0) is 17.6. The number of nitrogens with one attached hydrogen (secondary N) is 2. The minimum absolute atomic E-state index is 0.213. The molecule has 3 N–H and O–H groups in total. The summed E-state index contributed by atoms with van der Waals surface area (Å²) in [4.78, 5) is 26.7. The molecule has 0 aliphatic carbocycles. The number of aliphatic carboxylic acids is 1. The van der Waals surface area contributed by atoms with E-state index in [-0.39, 0.29) is 6.42 Å². The van der Waals surface area contributed by atoms with Gasteiger partial charge in [-0.05, 0) is 23.3 Å². The number of carbonyl (C=O) groups is 2. The molecule has 2 aromatic carbocycles. The summed E-state index contributed by atoms with van der Waals surface area (Å²) in [7, 11) is 0. The Bertz CT molecular complexity index is 913. The van der Waals surface area contributed by atoms with Gasteiger partial charge in [-0.2, -0.15) is 0 Å². The van der Waals surface area contributed by atoms with E-state index in [0.29, 0.717) is 0 Å². The van der Waals surface area contributed by atoms with Gasteiger partial charge in [-0.25, -0.2) is 4.79 Å². The zero-order valence-corrected chi connectivity index (χ0v) is 13.5. The van der Waals surface area contributed by atoms with Crippen molar-refractivity contribution in [3.63, 3.8) is 0 Å². The Morgan fingerprint density at radius 3 is 2.56 bits per heavy atom. The SMILES string of the molecule is O=C(/C=C/c1ccccc1)NC(Cc1c[nH]c2ccccc12)C(=O)O. The Morgan fingerprint density at radius 1 is 1.08 bits per heavy atom. The molecule has 1 atom stereocenters. The largest absolute Gasteiger partial charge is 0.480 e. The monoisotopic (exact) mass is 334 g/mol. The summed E-state index contributed by atoms with van der Waals surface area (Å²) in [5.41, 5.74) is 2.67. The predicted octanol–water partition coefficient (Wildman–Crippen LogP) is 2.99. The molecule has 5 heteroatoms. The van der Waals surface area contributed by atoms with Crippen molar-refractivity contribution in [2.75, 3.05) is 0 Å². The van der Waals surface area contributed by atoms with E-state index in [1.165, 1.54) is 6.08 Å². The predicted molar refractivity (Wildman–Crippen MR) is 97.0 cm³/mol. The highest BCUT2D eigenvalue weighted by molar-refractivity contribution is 5.94. The second-order valence-electron chi connectivity index (χ2n) is 5.71. The number of aromatic amines is 1. The molecule has 0 spiro atoms. The average molecular weight is 334 g/mol. The Kier molecular flexibility index (Phi) is 4.95. The van der Waals surface area contributed by atoms with E-state index in [0.717, 1.165) is 22.0 Å². The molecular weight excluding hydrogens is 316 g/mol. The minimum atomic E-state index is -1.06. The van der Waals surface area contributed by atoms with Crippen molar-refractivity contribution < 1.29 is 14.7 Å². The minimum Gasteiger partial charge on any atom is -0.480 e. The third-order valence-electron chi connectivity index (χ3n) is 3.94. The second kappa shape index (κ2) is 7.49. The summed E-state index contributed by atoms with van der Waals surface area (Å²) in [6.07, 6.45) is 5.00. The fraction of sp³-hybridized carbons (Fsp3) is 0.100. The van der Waals surface area contributed by atoms with Crippen LogP contribution in [0.2, 0.25) is 0 Å². The summed E-state index contributed by atoms with van der Waals surface area (Å²) >= 11 is 0. The van der Waals surface area contributed by atoms with Gasteiger partial charge in [0.2, 0.25) is 5.91 Å². The first-order valence-electron chi connectivity index (χ1n) is 7.95. The van der Waals surface area contributed by atoms with E-state index < -0.39 is 17.9 Å². The number of carbonyl (C=O) groups excluding carboxylic acids is 1. The molecule has 0 saturated heterocycles. The van der Waals surface area contributed by atoms with Gasteiger partial charge in [-0.15, -0.1) is 0 Å². The number of carboxylic acid groups (broad SMARTS) is 1. The first-order chi connectivity index (χ1) is 12.1. The molecule has 0 fully saturated rings. The summed E-state index contributed by atoms with van der Waals surface area (Å²) in [5, 5.41) is 12.9. The lowest BCUT2D eigenvalue weighted by Crippen LogP contribution is -2.41. The molecule has 3 aromatic rings. The van der Waals surface area contributed by atoms with Crippen LogP contribution in [0.15, 0.2) is 66.9 Å². The number of aromatic nitrogens is 1. The van der Waals surface area contributed by atoms with Crippen molar-refractivity contribution >= 4 is 28.9 Å². The Morgan fingerprint density at radius 2 is 1.80 bits per heavy atom. The first-order valence-corrected chi connectivity index (χ1v) is 7.95. The normalized spacial score (nSPS) is 12.3. The molecule has 126 valence electrons. The highest BCUT2D eigenvalue weighted by atomic mass is 16.4. The van der Waals surface area contributed by atoms with Gasteiger partial charge in [-0.1, -0.05) is 48.5 Å². The molecule has 25 heavy (non-hydrogen) atoms. The molecular formula is C20H18N2O3. The van der Waals surface area contributed by atoms with E-state index in [4.69, 9.17) is 0 Å². The number of fused-ring (bicyclic) bond motifs is 1. The molecule has 1 unspecified atom stereocenters. The molecule has 0 aliphatic heterocycles. The van der Waals surface area contributed by atoms with Gasteiger partial charge in [0, 0.05) is 29.6 Å². The molecule has 1 heterocycles. The number of amides is 1. The number of rotatable bonds is 6. The van der Waals surface area contributed by atoms with Gasteiger partial charge in [0.05, 0.1) is 0 Å². The number of para-hydroxylation sites is 1. The summed E-state index contributed by atoms with van der Waals surface area (Å²) in [6.45, 7) is 0. The van der Waals surface area contributed by atoms with Crippen LogP contribution in [0.25, 0.3) is 17.0 Å². The van der Waals surface area contributed by atoms with Crippen LogP contribution in [0.3, 0.4) is 0 Å². The Labute approximate surface area is 145 Å². The van der Waals surface area contributed by atoms with Crippen LogP contribution in [0, 0.1) is 0 Å². The number of benzene rings is 2. The molecule has 0 bridgehead atoms. The lowest BCUT2D eigenvalue weighted by molar-refractivity contribution is -0.141. The van der Waals surface area contributed by atoms with Crippen LogP contribution >= 0.6 is 0 Å². The molecule has 3 rings (SSSR count). The van der Waals surface area contributed by atoms with Crippen LogP contribution in [0.5, 0.6) is 0 Å². The first kappa shape index (κ1) is 16.5. The van der Waals surface area contributed by atoms with Gasteiger partial charge in [0.1, 0.15) is 6.04 Å². The third-order valence-corrected chi connectivity index (χ3v) is 3.94. The van der Waals surface area contributed by atoms with Crippen LogP contribution in [0.4, 0.5) is 0 Å². The third kappa shape index (κ3) is 4.14. The van der Waals surface area contributed by atoms with Crippen molar-refractivity contribution in [3.8, 4) is 0 Å². The summed E-state index contributed by atoms with van der Waals surface area (Å²) < 4.78 is 0. The van der Waals surface area contributed by atoms with Crippen molar-refractivity contribution in [2.45, 2.75) is 12.5 Å². The molecule has 0 aliphatic rings. The standard InChI is InChI=1S/C20H18N2O3/c23-19(11-10-14-6-2-1-3-7-14)22-18(20(24)25)12-15-13-21-17-9-5-4-8-16(15)17/h1-11,13,18,21H,12H2,(H,22,23)(H,24,25)/b11-10+. The molecule has 1 aromatic heterocycles. The van der Waals surface area contributed by atoms with Crippen LogP contribution in [0.1, 0.15) is 11.1 Å². The Hall–Kier alpha value is -3.34. The Balaban J connectivity index is 1.70. The maximum atomic E-state index is 12.1. The number of H-pyrrole nitrogens is 1. The lowest BCUT2D eigenvalue weighted by atomic mass is 10.0. The van der Waals surface area contributed by atoms with Crippen LogP contribution in [-0.2, 0) is 16.0 Å². The summed E-state index contributed by atoms with van der Waals surface area (Å²) in [6, 6.07) is 16.0. The maximum absolute atomic E-state index is 12.1. The maximum Gasteiger partial charge on any atom is 0.326 e. The fourth-order valence-corrected chi connectivity index (χ4v) is 2.68. The highest BCUT2D eigenvalue weighted by Crippen LogP contribution is 2.19. The van der Waals surface area contributed by atoms with E-state index in [9.17, 15) is 14.7 Å². The number of hydrogen-bond acceptors (Lipinski definition) is 2. The molecule has 0 radical (unpaired) electrons. The van der Waals surface area contributed by atoms with Gasteiger partial charge in [-0.3, -0.25) is 4.79 Å². The number of hydrogen-bond donors (Lipinski definition) is 3. The average Bonchev–Trinajstić information content (AvgIpc) is 3.03. The van der Waals surface area contributed by atoms with Crippen molar-refractivity contribution in [2.24, 2.45) is 0 Å². The highest BCUT2D eigenvalue weighted by Gasteiger charge is 2.20. The van der Waals surface area contributed by atoms with E-state index >= 15 is 0 Å². The molecule has 1 amide bonds. The van der Waals surface area contributed by atoms with Gasteiger partial charge >= 0.3 is 5.97 Å². The number of carboxylic acids is 1. The van der Waals surface area contributed by atoms with Gasteiger partial charge in [0.25, 0.3) is 0 Å². The quantitative estimate of drug-likeness (QED) is 0.606.